The average Bonchev–Trinajstić information content (AvgIpc) is 3.21. The first-order valence-electron chi connectivity index (χ1n) is 14.6. The number of ether oxygens (including phenoxy) is 1. The van der Waals surface area contributed by atoms with Crippen LogP contribution in [0.25, 0.3) is 0 Å². The molecule has 16 nitrogen and oxygen atoms in total. The summed E-state index contributed by atoms with van der Waals surface area (Å²) in [5.41, 5.74) is 5.56. The number of phosphoric acid groups is 1. The fourth-order valence-electron chi connectivity index (χ4n) is 5.18. The smallest absolute Gasteiger partial charge is 0.396 e. The molecule has 0 aromatic rings. The summed E-state index contributed by atoms with van der Waals surface area (Å²) in [4.78, 5) is 57.3. The molecule has 1 heterocycles. The van der Waals surface area contributed by atoms with Crippen molar-refractivity contribution in [2.75, 3.05) is 33.4 Å². The fraction of sp³-hybridized carbons (Fsp3) is 0.815. The van der Waals surface area contributed by atoms with Crippen molar-refractivity contribution in [3.63, 3.8) is 0 Å². The largest absolute Gasteiger partial charge is 0.472 e. The highest BCUT2D eigenvalue weighted by molar-refractivity contribution is 7.47. The molecule has 1 fully saturated rings. The molecule has 1 aliphatic rings. The van der Waals surface area contributed by atoms with Gasteiger partial charge < -0.3 is 45.2 Å². The molecular formula is C27H52N4O12P2. The Bertz CT molecular complexity index is 1020. The number of aliphatic imine (C=N–C) groups is 1. The van der Waals surface area contributed by atoms with E-state index < -0.39 is 53.5 Å². The monoisotopic (exact) mass is 686 g/mol. The zero-order valence-corrected chi connectivity index (χ0v) is 28.7. The van der Waals surface area contributed by atoms with Gasteiger partial charge in [-0.2, -0.15) is 0 Å². The number of hydrogen-bond donors (Lipinski definition) is 7. The van der Waals surface area contributed by atoms with Crippen LogP contribution in [0.15, 0.2) is 17.3 Å². The zero-order valence-electron chi connectivity index (χ0n) is 26.9. The number of rotatable bonds is 21. The molecule has 8 N–H and O–H groups in total. The van der Waals surface area contributed by atoms with Crippen LogP contribution in [0.2, 0.25) is 0 Å². The Hall–Kier alpha value is -1.55. The lowest BCUT2D eigenvalue weighted by molar-refractivity contribution is -0.132. The van der Waals surface area contributed by atoms with Crippen LogP contribution in [-0.2, 0) is 32.5 Å². The van der Waals surface area contributed by atoms with Crippen LogP contribution < -0.4 is 11.1 Å². The molecule has 0 aromatic heterocycles. The second-order valence-corrected chi connectivity index (χ2v) is 15.1. The summed E-state index contributed by atoms with van der Waals surface area (Å²) in [6.07, 6.45) is -0.381. The van der Waals surface area contributed by atoms with Crippen molar-refractivity contribution in [1.29, 1.82) is 0 Å². The van der Waals surface area contributed by atoms with E-state index in [2.05, 4.69) is 44.9 Å². The summed E-state index contributed by atoms with van der Waals surface area (Å²) in [5.74, 6) is -0.504. The van der Waals surface area contributed by atoms with E-state index in [1.807, 2.05) is 0 Å². The van der Waals surface area contributed by atoms with E-state index in [9.17, 15) is 29.3 Å². The van der Waals surface area contributed by atoms with Crippen LogP contribution in [0.4, 0.5) is 0 Å². The number of unbranched alkanes of at least 4 members (excludes halogenated alkanes) is 1. The topological polar surface area (TPSA) is 243 Å². The van der Waals surface area contributed by atoms with Gasteiger partial charge in [-0.3, -0.25) is 28.5 Å². The number of carbonyl (C=O) groups excluding carboxylic acids is 2. The van der Waals surface area contributed by atoms with Gasteiger partial charge in [-0.25, -0.2) is 4.57 Å². The van der Waals surface area contributed by atoms with Gasteiger partial charge >= 0.3 is 16.4 Å². The summed E-state index contributed by atoms with van der Waals surface area (Å²) in [6.45, 7) is 9.72. The van der Waals surface area contributed by atoms with E-state index in [-0.39, 0.29) is 35.8 Å². The highest BCUT2D eigenvalue weighted by Crippen LogP contribution is 2.48. The van der Waals surface area contributed by atoms with Crippen molar-refractivity contribution in [2.45, 2.75) is 91.3 Å². The van der Waals surface area contributed by atoms with Gasteiger partial charge in [-0.15, -0.1) is 0 Å². The van der Waals surface area contributed by atoms with Gasteiger partial charge in [0.1, 0.15) is 24.1 Å². The quantitative estimate of drug-likeness (QED) is 0.0298. The molecule has 1 rings (SSSR count). The summed E-state index contributed by atoms with van der Waals surface area (Å²) in [5, 5.41) is 23.5. The molecule has 18 heteroatoms. The number of phosphoric ester groups is 1. The predicted octanol–water partition coefficient (Wildman–Crippen LogP) is 1.51. The first kappa shape index (κ1) is 41.5. The van der Waals surface area contributed by atoms with Gasteiger partial charge in [0.15, 0.2) is 6.23 Å². The molecule has 45 heavy (non-hydrogen) atoms. The summed E-state index contributed by atoms with van der Waals surface area (Å²) in [7, 11) is -6.29. The van der Waals surface area contributed by atoms with E-state index in [0.717, 1.165) is 17.5 Å². The third-order valence-corrected chi connectivity index (χ3v) is 8.12. The van der Waals surface area contributed by atoms with E-state index in [4.69, 9.17) is 33.8 Å². The minimum Gasteiger partial charge on any atom is -0.396 e. The van der Waals surface area contributed by atoms with Gasteiger partial charge in [-0.1, -0.05) is 41.0 Å². The maximum Gasteiger partial charge on any atom is 0.472 e. The molecular weight excluding hydrogens is 634 g/mol. The Kier molecular flexibility index (Phi) is 17.8. The normalized spacial score (nSPS) is 23.3. The van der Waals surface area contributed by atoms with Crippen LogP contribution in [-0.4, -0.2) is 106 Å². The summed E-state index contributed by atoms with van der Waals surface area (Å²) in [6, 6.07) is 0. The number of aliphatic hydroxyl groups excluding tert-OH is 2. The Morgan fingerprint density at radius 1 is 1.24 bits per heavy atom. The van der Waals surface area contributed by atoms with Crippen molar-refractivity contribution < 1.29 is 57.4 Å². The number of amidine groups is 1. The lowest BCUT2D eigenvalue weighted by Crippen LogP contribution is -2.42. The molecule has 0 saturated carbocycles. The molecule has 2 amide bonds. The third-order valence-electron chi connectivity index (χ3n) is 6.75. The van der Waals surface area contributed by atoms with Crippen molar-refractivity contribution in [3.8, 4) is 0 Å². The predicted molar refractivity (Wildman–Crippen MR) is 167 cm³/mol. The van der Waals surface area contributed by atoms with Crippen molar-refractivity contribution >= 4 is 34.6 Å². The molecule has 0 aliphatic carbocycles. The molecule has 0 bridgehead atoms. The van der Waals surface area contributed by atoms with Crippen molar-refractivity contribution in [2.24, 2.45) is 27.5 Å². The van der Waals surface area contributed by atoms with E-state index in [1.165, 1.54) is 13.1 Å². The van der Waals surface area contributed by atoms with Crippen LogP contribution in [0.1, 0.15) is 66.7 Å². The molecule has 0 spiro atoms. The van der Waals surface area contributed by atoms with E-state index in [1.54, 1.807) is 0 Å². The van der Waals surface area contributed by atoms with Crippen molar-refractivity contribution in [1.82, 2.24) is 10.2 Å². The van der Waals surface area contributed by atoms with Crippen molar-refractivity contribution in [3.05, 3.63) is 12.3 Å². The number of aliphatic hydroxyl groups is 2. The molecule has 262 valence electrons. The number of carbonyl (C=O) groups is 2. The van der Waals surface area contributed by atoms with Gasteiger partial charge in [0, 0.05) is 38.7 Å². The molecule has 0 radical (unpaired) electrons. The molecule has 6 unspecified atom stereocenters. The standard InChI is InChI=1S/C27H52N4O12P2/c1-26(2,3)17-27(4,5)13-22(34)30-11-8-7-9-19(14-32)15-41-45(38,39)43-24-20(16-40-44(36)37)42-25(23(24)35)31(18-33)12-10-21(28)29-6/h10,12,18-20,23-25,32,35-37H,7-9,11,13-17H2,1-6H3,(H2,28,29)(H,30,34)(H,38,39)/b12-10-. The van der Waals surface area contributed by atoms with Gasteiger partial charge in [0.25, 0.3) is 0 Å². The lowest BCUT2D eigenvalue weighted by Gasteiger charge is -2.31. The maximum atomic E-state index is 12.8. The number of nitrogens with one attached hydrogen (secondary N) is 1. The fourth-order valence-corrected chi connectivity index (χ4v) is 6.49. The Morgan fingerprint density at radius 3 is 2.47 bits per heavy atom. The van der Waals surface area contributed by atoms with Crippen LogP contribution in [0.5, 0.6) is 0 Å². The number of nitrogens with two attached hydrogens (primary N) is 1. The number of amides is 2. The minimum absolute atomic E-state index is 0.0329. The minimum atomic E-state index is -4.87. The Labute approximate surface area is 266 Å². The summed E-state index contributed by atoms with van der Waals surface area (Å²) < 4.78 is 33.5. The molecule has 0 aromatic carbocycles. The first-order chi connectivity index (χ1) is 20.8. The van der Waals surface area contributed by atoms with Gasteiger partial charge in [0.2, 0.25) is 12.3 Å². The zero-order chi connectivity index (χ0) is 34.4. The van der Waals surface area contributed by atoms with E-state index >= 15 is 0 Å². The maximum absolute atomic E-state index is 12.8. The highest BCUT2D eigenvalue weighted by Gasteiger charge is 2.50. The van der Waals surface area contributed by atoms with Crippen LogP contribution >= 0.6 is 16.4 Å². The first-order valence-corrected chi connectivity index (χ1v) is 17.3. The molecule has 1 aliphatic heterocycles. The second kappa shape index (κ2) is 19.3. The number of nitrogens with zero attached hydrogens (tertiary/aromatic N) is 2. The highest BCUT2D eigenvalue weighted by atomic mass is 31.2. The van der Waals surface area contributed by atoms with Gasteiger partial charge in [-0.05, 0) is 36.2 Å². The average molecular weight is 687 g/mol. The van der Waals surface area contributed by atoms with Crippen LogP contribution in [0.3, 0.4) is 0 Å². The van der Waals surface area contributed by atoms with Crippen LogP contribution in [0, 0.1) is 16.7 Å². The van der Waals surface area contributed by atoms with E-state index in [0.29, 0.717) is 38.6 Å². The SMILES string of the molecule is CN=C(N)/C=C\N(C=O)C1OC(COP(O)O)C(OP(=O)(O)OCC(CO)CCCCNC(=O)CC(C)(C)CC(C)(C)C)C1O. The number of hydrogen-bond acceptors (Lipinski definition) is 12. The third kappa shape index (κ3) is 16.7. The van der Waals surface area contributed by atoms with Gasteiger partial charge in [0.05, 0.1) is 13.2 Å². The second-order valence-electron chi connectivity index (χ2n) is 12.9. The summed E-state index contributed by atoms with van der Waals surface area (Å²) >= 11 is 0. The Morgan fingerprint density at radius 2 is 1.91 bits per heavy atom. The molecule has 6 atom stereocenters. The Balaban J connectivity index is 2.69. The lowest BCUT2D eigenvalue weighted by atomic mass is 9.74. The molecule has 1 saturated heterocycles.